The highest BCUT2D eigenvalue weighted by atomic mass is 16.6. The Morgan fingerprint density at radius 3 is 2.48 bits per heavy atom. The van der Waals surface area contributed by atoms with E-state index in [2.05, 4.69) is 20.0 Å². The van der Waals surface area contributed by atoms with Crippen molar-refractivity contribution in [3.05, 3.63) is 12.2 Å². The van der Waals surface area contributed by atoms with E-state index in [0.717, 1.165) is 0 Å². The van der Waals surface area contributed by atoms with E-state index in [0.29, 0.717) is 25.5 Å². The number of hydrogen-bond acceptors (Lipinski definition) is 6. The van der Waals surface area contributed by atoms with E-state index >= 15 is 0 Å². The Labute approximate surface area is 126 Å². The largest absolute Gasteiger partial charge is 0.444 e. The molecule has 7 nitrogen and oxygen atoms in total. The predicted octanol–water partition coefficient (Wildman–Crippen LogP) is 2.19. The Kier molecular flexibility index (Phi) is 5.71. The fraction of sp³-hybridized carbons (Fsp3) is 0.786. The topological polar surface area (TPSA) is 80.5 Å². The van der Waals surface area contributed by atoms with Gasteiger partial charge >= 0.3 is 6.09 Å². The molecule has 0 aromatic carbocycles. The molecular weight excluding hydrogens is 272 g/mol. The summed E-state index contributed by atoms with van der Waals surface area (Å²) in [6.45, 7) is 13.2. The number of hydrogen-bond donors (Lipinski definition) is 1. The number of ether oxygens (including phenoxy) is 1. The van der Waals surface area contributed by atoms with Crippen LogP contribution in [-0.2, 0) is 11.3 Å². The van der Waals surface area contributed by atoms with Gasteiger partial charge in [0.1, 0.15) is 5.60 Å². The molecular formula is C14H26N4O3. The highest BCUT2D eigenvalue weighted by Crippen LogP contribution is 2.17. The molecule has 0 bridgehead atoms. The average Bonchev–Trinajstić information content (AvgIpc) is 2.77. The van der Waals surface area contributed by atoms with Crippen LogP contribution in [0, 0.1) is 0 Å². The molecule has 1 amide bonds. The van der Waals surface area contributed by atoms with Gasteiger partial charge in [-0.2, -0.15) is 4.98 Å². The number of nitrogens with one attached hydrogen (secondary N) is 1. The predicted molar refractivity (Wildman–Crippen MR) is 78.7 cm³/mol. The number of carbonyl (C=O) groups is 1. The summed E-state index contributed by atoms with van der Waals surface area (Å²) in [6, 6.07) is 0. The van der Waals surface area contributed by atoms with Gasteiger partial charge in [-0.3, -0.25) is 0 Å². The normalized spacial score (nSPS) is 12.3. The Bertz CT molecular complexity index is 432. The lowest BCUT2D eigenvalue weighted by molar-refractivity contribution is 0.00662. The summed E-state index contributed by atoms with van der Waals surface area (Å²) in [5.41, 5.74) is -0.811. The SMILES string of the molecule is CC(C)(C)OC(=O)N(CCNCc1ncon1)C(C)(C)C. The lowest BCUT2D eigenvalue weighted by Crippen LogP contribution is -2.50. The van der Waals surface area contributed by atoms with Crippen LogP contribution >= 0.6 is 0 Å². The Hall–Kier alpha value is -1.63. The minimum absolute atomic E-state index is 0.309. The maximum Gasteiger partial charge on any atom is 0.410 e. The number of aromatic nitrogens is 2. The second-order valence-corrected chi connectivity index (χ2v) is 6.83. The third-order valence-corrected chi connectivity index (χ3v) is 2.63. The van der Waals surface area contributed by atoms with Crippen molar-refractivity contribution in [2.45, 2.75) is 59.2 Å². The van der Waals surface area contributed by atoms with Crippen LogP contribution in [0.25, 0.3) is 0 Å². The Balaban J connectivity index is 2.49. The molecule has 0 fully saturated rings. The molecule has 120 valence electrons. The van der Waals surface area contributed by atoms with Crippen molar-refractivity contribution >= 4 is 6.09 Å². The maximum atomic E-state index is 12.3. The van der Waals surface area contributed by atoms with E-state index in [1.165, 1.54) is 6.39 Å². The molecule has 1 rings (SSSR count). The first kappa shape index (κ1) is 17.4. The van der Waals surface area contributed by atoms with E-state index in [1.54, 1.807) is 4.90 Å². The fourth-order valence-corrected chi connectivity index (χ4v) is 1.68. The molecule has 0 saturated heterocycles. The van der Waals surface area contributed by atoms with Crippen LogP contribution in [0.3, 0.4) is 0 Å². The highest BCUT2D eigenvalue weighted by molar-refractivity contribution is 5.69. The third kappa shape index (κ3) is 6.57. The zero-order valence-corrected chi connectivity index (χ0v) is 13.8. The number of carbonyl (C=O) groups excluding carboxylic acids is 1. The third-order valence-electron chi connectivity index (χ3n) is 2.63. The lowest BCUT2D eigenvalue weighted by Gasteiger charge is -2.36. The van der Waals surface area contributed by atoms with Crippen molar-refractivity contribution in [1.82, 2.24) is 20.4 Å². The molecule has 1 N–H and O–H groups in total. The highest BCUT2D eigenvalue weighted by Gasteiger charge is 2.30. The Morgan fingerprint density at radius 1 is 1.33 bits per heavy atom. The zero-order chi connectivity index (χ0) is 16.1. The van der Waals surface area contributed by atoms with Crippen molar-refractivity contribution in [1.29, 1.82) is 0 Å². The van der Waals surface area contributed by atoms with Crippen molar-refractivity contribution in [2.75, 3.05) is 13.1 Å². The minimum Gasteiger partial charge on any atom is -0.444 e. The quantitative estimate of drug-likeness (QED) is 0.839. The molecule has 0 aliphatic rings. The van der Waals surface area contributed by atoms with Gasteiger partial charge in [-0.05, 0) is 41.5 Å². The first-order valence-electron chi connectivity index (χ1n) is 7.06. The average molecular weight is 298 g/mol. The van der Waals surface area contributed by atoms with Gasteiger partial charge in [0.15, 0.2) is 5.82 Å². The van der Waals surface area contributed by atoms with Crippen LogP contribution in [0.1, 0.15) is 47.4 Å². The van der Waals surface area contributed by atoms with Crippen LogP contribution in [0.15, 0.2) is 10.9 Å². The summed E-state index contributed by atoms with van der Waals surface area (Å²) < 4.78 is 10.1. The van der Waals surface area contributed by atoms with Crippen molar-refractivity contribution in [2.24, 2.45) is 0 Å². The van der Waals surface area contributed by atoms with Gasteiger partial charge in [0.25, 0.3) is 0 Å². The van der Waals surface area contributed by atoms with E-state index in [-0.39, 0.29) is 11.6 Å². The van der Waals surface area contributed by atoms with Gasteiger partial charge in [-0.15, -0.1) is 0 Å². The summed E-state index contributed by atoms with van der Waals surface area (Å²) in [6.07, 6.45) is 0.982. The lowest BCUT2D eigenvalue weighted by atomic mass is 10.1. The van der Waals surface area contributed by atoms with Crippen molar-refractivity contribution < 1.29 is 14.1 Å². The molecule has 0 atom stereocenters. The Morgan fingerprint density at radius 2 is 2.00 bits per heavy atom. The van der Waals surface area contributed by atoms with Gasteiger partial charge in [-0.25, -0.2) is 4.79 Å². The molecule has 7 heteroatoms. The molecule has 0 spiro atoms. The maximum absolute atomic E-state index is 12.3. The molecule has 0 aliphatic heterocycles. The number of amides is 1. The number of nitrogens with zero attached hydrogens (tertiary/aromatic N) is 3. The van der Waals surface area contributed by atoms with Crippen LogP contribution in [0.5, 0.6) is 0 Å². The van der Waals surface area contributed by atoms with E-state index in [4.69, 9.17) is 4.74 Å². The van der Waals surface area contributed by atoms with E-state index in [9.17, 15) is 4.79 Å². The van der Waals surface area contributed by atoms with Gasteiger partial charge in [-0.1, -0.05) is 5.16 Å². The fourth-order valence-electron chi connectivity index (χ4n) is 1.68. The first-order valence-corrected chi connectivity index (χ1v) is 7.06. The number of rotatable bonds is 5. The summed E-state index contributed by atoms with van der Waals surface area (Å²) >= 11 is 0. The van der Waals surface area contributed by atoms with Crippen LogP contribution in [0.2, 0.25) is 0 Å². The van der Waals surface area contributed by atoms with Crippen LogP contribution in [0.4, 0.5) is 4.79 Å². The van der Waals surface area contributed by atoms with E-state index in [1.807, 2.05) is 41.5 Å². The summed E-state index contributed by atoms with van der Waals surface area (Å²) in [5, 5.41) is 6.89. The molecule has 0 unspecified atom stereocenters. The molecule has 1 heterocycles. The van der Waals surface area contributed by atoms with Gasteiger partial charge in [0, 0.05) is 18.6 Å². The summed E-state index contributed by atoms with van der Waals surface area (Å²) in [5.74, 6) is 0.592. The zero-order valence-electron chi connectivity index (χ0n) is 13.8. The molecule has 0 saturated carbocycles. The molecule has 0 radical (unpaired) electrons. The summed E-state index contributed by atoms with van der Waals surface area (Å²) in [7, 11) is 0. The molecule has 0 aliphatic carbocycles. The van der Waals surface area contributed by atoms with Crippen molar-refractivity contribution in [3.8, 4) is 0 Å². The van der Waals surface area contributed by atoms with Crippen LogP contribution in [-0.4, -0.2) is 45.4 Å². The second kappa shape index (κ2) is 6.89. The van der Waals surface area contributed by atoms with Gasteiger partial charge < -0.3 is 19.5 Å². The van der Waals surface area contributed by atoms with E-state index < -0.39 is 5.60 Å². The second-order valence-electron chi connectivity index (χ2n) is 6.83. The van der Waals surface area contributed by atoms with Crippen molar-refractivity contribution in [3.63, 3.8) is 0 Å². The monoisotopic (exact) mass is 298 g/mol. The smallest absolute Gasteiger partial charge is 0.410 e. The standard InChI is InChI=1S/C14H26N4O3/c1-13(2,3)18(12(19)21-14(4,5)6)8-7-15-9-11-16-10-20-17-11/h10,15H,7-9H2,1-6H3. The van der Waals surface area contributed by atoms with Crippen LogP contribution < -0.4 is 5.32 Å². The van der Waals surface area contributed by atoms with Gasteiger partial charge in [0.05, 0.1) is 6.54 Å². The summed E-state index contributed by atoms with van der Waals surface area (Å²) in [4.78, 5) is 17.9. The van der Waals surface area contributed by atoms with Gasteiger partial charge in [0.2, 0.25) is 6.39 Å². The first-order chi connectivity index (χ1) is 9.59. The molecule has 21 heavy (non-hydrogen) atoms. The minimum atomic E-state index is -0.501. The molecule has 1 aromatic rings. The molecule has 1 aromatic heterocycles.